The third-order valence-electron chi connectivity index (χ3n) is 4.16. The molecule has 1 heterocycles. The molecule has 1 aromatic heterocycles. The van der Waals surface area contributed by atoms with Gasteiger partial charge >= 0.3 is 6.18 Å². The summed E-state index contributed by atoms with van der Waals surface area (Å²) < 4.78 is 94.2. The van der Waals surface area contributed by atoms with Crippen molar-refractivity contribution in [3.63, 3.8) is 0 Å². The minimum atomic E-state index is -4.67. The van der Waals surface area contributed by atoms with Crippen LogP contribution >= 0.6 is 0 Å². The molecule has 160 valence electrons. The normalized spacial score (nSPS) is 12.7. The highest BCUT2D eigenvalue weighted by Gasteiger charge is 2.32. The van der Waals surface area contributed by atoms with E-state index < -0.39 is 31.8 Å². The van der Waals surface area contributed by atoms with Crippen molar-refractivity contribution in [2.24, 2.45) is 0 Å². The van der Waals surface area contributed by atoms with Gasteiger partial charge in [0, 0.05) is 12.4 Å². The minimum Gasteiger partial charge on any atom is -0.322 e. The molecule has 0 saturated heterocycles. The molecule has 0 unspecified atom stereocenters. The topological polar surface area (TPSA) is 97.3 Å². The molecule has 0 radical (unpaired) electrons. The molecule has 3 rings (SSSR count). The molecule has 0 bridgehead atoms. The lowest BCUT2D eigenvalue weighted by Gasteiger charge is -2.16. The van der Waals surface area contributed by atoms with E-state index in [4.69, 9.17) is 0 Å². The number of aromatic nitrogens is 1. The average molecular weight is 459 g/mol. The van der Waals surface area contributed by atoms with E-state index >= 15 is 0 Å². The van der Waals surface area contributed by atoms with Crippen molar-refractivity contribution in [1.29, 1.82) is 0 Å². The highest BCUT2D eigenvalue weighted by molar-refractivity contribution is 7.92. The van der Waals surface area contributed by atoms with Gasteiger partial charge in [0.05, 0.1) is 26.7 Å². The van der Waals surface area contributed by atoms with Gasteiger partial charge in [-0.05, 0) is 61.6 Å². The Balaban J connectivity index is 2.03. The van der Waals surface area contributed by atoms with E-state index in [2.05, 4.69) is 9.44 Å². The van der Waals surface area contributed by atoms with Gasteiger partial charge in [-0.1, -0.05) is 0 Å². The number of nitrogens with zero attached hydrogens (tertiary/aromatic N) is 1. The van der Waals surface area contributed by atoms with Crippen molar-refractivity contribution in [1.82, 2.24) is 9.29 Å². The highest BCUT2D eigenvalue weighted by atomic mass is 32.2. The van der Waals surface area contributed by atoms with Crippen molar-refractivity contribution in [3.05, 3.63) is 72.6 Å². The van der Waals surface area contributed by atoms with E-state index in [9.17, 15) is 30.0 Å². The second-order valence-corrected chi connectivity index (χ2v) is 9.67. The van der Waals surface area contributed by atoms with Crippen molar-refractivity contribution in [2.45, 2.75) is 16.0 Å². The van der Waals surface area contributed by atoms with Gasteiger partial charge in [0.25, 0.3) is 10.0 Å². The predicted octanol–water partition coefficient (Wildman–Crippen LogP) is 3.21. The van der Waals surface area contributed by atoms with Crippen LogP contribution in [0, 0.1) is 0 Å². The molecule has 0 aliphatic rings. The molecule has 0 amide bonds. The maximum Gasteiger partial charge on any atom is 0.416 e. The Kier molecular flexibility index (Phi) is 5.67. The molecule has 2 N–H and O–H groups in total. The van der Waals surface area contributed by atoms with E-state index in [-0.39, 0.29) is 21.2 Å². The summed E-state index contributed by atoms with van der Waals surface area (Å²) in [6.07, 6.45) is -1.56. The second kappa shape index (κ2) is 7.78. The smallest absolute Gasteiger partial charge is 0.322 e. The molecule has 0 saturated carbocycles. The fraction of sp³-hybridized carbons (Fsp3) is 0.111. The zero-order chi connectivity index (χ0) is 22.2. The lowest BCUT2D eigenvalue weighted by atomic mass is 10.1. The van der Waals surface area contributed by atoms with Gasteiger partial charge in [0.1, 0.15) is 0 Å². The molecule has 0 atom stereocenters. The fourth-order valence-electron chi connectivity index (χ4n) is 2.63. The molecular weight excluding hydrogens is 443 g/mol. The molecule has 0 spiro atoms. The SMILES string of the molecule is CNS(=O)(=O)c1ccc(S(=O)(=O)Nc2cc(C(F)(F)F)ccc2-n2cccc2)cc1. The van der Waals surface area contributed by atoms with Gasteiger partial charge < -0.3 is 4.57 Å². The van der Waals surface area contributed by atoms with Crippen molar-refractivity contribution in [3.8, 4) is 5.69 Å². The minimum absolute atomic E-state index is 0.156. The van der Waals surface area contributed by atoms with Crippen LogP contribution in [-0.4, -0.2) is 28.5 Å². The standard InChI is InChI=1S/C18H16F3N3O4S2/c1-22-29(25,26)14-5-7-15(8-6-14)30(27,28)23-16-12-13(18(19,20)21)4-9-17(16)24-10-2-3-11-24/h2-12,22-23H,1H3. The quantitative estimate of drug-likeness (QED) is 0.592. The van der Waals surface area contributed by atoms with Crippen LogP contribution in [-0.2, 0) is 26.2 Å². The summed E-state index contributed by atoms with van der Waals surface area (Å²) >= 11 is 0. The van der Waals surface area contributed by atoms with Crippen LogP contribution < -0.4 is 9.44 Å². The summed E-state index contributed by atoms with van der Waals surface area (Å²) in [5.74, 6) is 0. The first kappa shape index (κ1) is 21.9. The number of rotatable bonds is 6. The average Bonchev–Trinajstić information content (AvgIpc) is 3.21. The van der Waals surface area contributed by atoms with Gasteiger partial charge in [-0.2, -0.15) is 13.2 Å². The Bertz CT molecular complexity index is 1250. The summed E-state index contributed by atoms with van der Waals surface area (Å²) in [6.45, 7) is 0. The van der Waals surface area contributed by atoms with Crippen LogP contribution in [0.4, 0.5) is 18.9 Å². The summed E-state index contributed by atoms with van der Waals surface area (Å²) in [7, 11) is -6.87. The number of benzene rings is 2. The Labute approximate surface area is 171 Å². The van der Waals surface area contributed by atoms with Gasteiger partial charge in [-0.15, -0.1) is 0 Å². The number of sulfonamides is 2. The first-order chi connectivity index (χ1) is 13.9. The first-order valence-corrected chi connectivity index (χ1v) is 11.3. The fourth-order valence-corrected chi connectivity index (χ4v) is 4.43. The molecule has 2 aromatic carbocycles. The van der Waals surface area contributed by atoms with Crippen molar-refractivity contribution >= 4 is 25.7 Å². The second-order valence-electron chi connectivity index (χ2n) is 6.10. The third kappa shape index (κ3) is 4.50. The van der Waals surface area contributed by atoms with E-state index in [0.29, 0.717) is 6.07 Å². The number of nitrogens with one attached hydrogen (secondary N) is 2. The first-order valence-electron chi connectivity index (χ1n) is 8.35. The molecule has 3 aromatic rings. The van der Waals surface area contributed by atoms with Crippen LogP contribution in [0.25, 0.3) is 5.69 Å². The monoisotopic (exact) mass is 459 g/mol. The zero-order valence-corrected chi connectivity index (χ0v) is 17.0. The van der Waals surface area contributed by atoms with Crippen LogP contribution in [0.5, 0.6) is 0 Å². The van der Waals surface area contributed by atoms with E-state index in [0.717, 1.165) is 36.4 Å². The maximum absolute atomic E-state index is 13.1. The zero-order valence-electron chi connectivity index (χ0n) is 15.4. The summed E-state index contributed by atoms with van der Waals surface area (Å²) in [4.78, 5) is -0.468. The van der Waals surface area contributed by atoms with Crippen molar-refractivity contribution in [2.75, 3.05) is 11.8 Å². The van der Waals surface area contributed by atoms with E-state index in [1.165, 1.54) is 11.6 Å². The van der Waals surface area contributed by atoms with Gasteiger partial charge in [-0.3, -0.25) is 4.72 Å². The number of anilines is 1. The predicted molar refractivity (Wildman–Crippen MR) is 104 cm³/mol. The third-order valence-corrected chi connectivity index (χ3v) is 6.98. The molecule has 0 fully saturated rings. The lowest BCUT2D eigenvalue weighted by molar-refractivity contribution is -0.137. The summed E-state index contributed by atoms with van der Waals surface area (Å²) in [5, 5.41) is 0. The summed E-state index contributed by atoms with van der Waals surface area (Å²) in [6, 6.07) is 10.2. The van der Waals surface area contributed by atoms with Gasteiger partial charge in [-0.25, -0.2) is 21.6 Å². The Morgan fingerprint density at radius 2 is 1.37 bits per heavy atom. The Morgan fingerprint density at radius 3 is 1.87 bits per heavy atom. The number of hydrogen-bond acceptors (Lipinski definition) is 4. The van der Waals surface area contributed by atoms with E-state index in [1.807, 2.05) is 0 Å². The largest absolute Gasteiger partial charge is 0.416 e. The molecule has 7 nitrogen and oxygen atoms in total. The Morgan fingerprint density at radius 1 is 0.833 bits per heavy atom. The maximum atomic E-state index is 13.1. The van der Waals surface area contributed by atoms with Crippen LogP contribution in [0.15, 0.2) is 76.8 Å². The Hall–Kier alpha value is -2.83. The van der Waals surface area contributed by atoms with Gasteiger partial charge in [0.2, 0.25) is 10.0 Å². The summed E-state index contributed by atoms with van der Waals surface area (Å²) in [5.41, 5.74) is -1.12. The van der Waals surface area contributed by atoms with E-state index in [1.54, 1.807) is 24.5 Å². The van der Waals surface area contributed by atoms with Gasteiger partial charge in [0.15, 0.2) is 0 Å². The lowest BCUT2D eigenvalue weighted by Crippen LogP contribution is -2.19. The molecular formula is C18H16F3N3O4S2. The van der Waals surface area contributed by atoms with Crippen LogP contribution in [0.1, 0.15) is 5.56 Å². The number of hydrogen-bond donors (Lipinski definition) is 2. The number of alkyl halides is 3. The number of halogens is 3. The molecule has 30 heavy (non-hydrogen) atoms. The highest BCUT2D eigenvalue weighted by Crippen LogP contribution is 2.34. The molecule has 0 aliphatic heterocycles. The van der Waals surface area contributed by atoms with Crippen LogP contribution in [0.3, 0.4) is 0 Å². The molecule has 12 heteroatoms. The van der Waals surface area contributed by atoms with Crippen molar-refractivity contribution < 1.29 is 30.0 Å². The van der Waals surface area contributed by atoms with Crippen LogP contribution in [0.2, 0.25) is 0 Å². The molecule has 0 aliphatic carbocycles.